The van der Waals surface area contributed by atoms with Gasteiger partial charge in [0.2, 0.25) is 5.91 Å². The predicted octanol–water partition coefficient (Wildman–Crippen LogP) is 1.78. The Morgan fingerprint density at radius 1 is 1.29 bits per heavy atom. The van der Waals surface area contributed by atoms with Crippen LogP contribution in [0.25, 0.3) is 0 Å². The normalized spacial score (nSPS) is 18.0. The van der Waals surface area contributed by atoms with Crippen LogP contribution >= 0.6 is 0 Å². The van der Waals surface area contributed by atoms with Gasteiger partial charge in [-0.1, -0.05) is 24.3 Å². The van der Waals surface area contributed by atoms with Gasteiger partial charge in [-0.25, -0.2) is 0 Å². The monoisotopic (exact) mass is 334 g/mol. The molecule has 6 nitrogen and oxygen atoms in total. The molecule has 0 radical (unpaired) electrons. The number of likely N-dealkylation sites (tertiary alicyclic amines) is 1. The number of carboxylic acid groups (broad SMARTS) is 1. The van der Waals surface area contributed by atoms with Crippen LogP contribution in [0.2, 0.25) is 0 Å². The van der Waals surface area contributed by atoms with Crippen LogP contribution < -0.4 is 5.32 Å². The molecule has 0 spiro atoms. The van der Waals surface area contributed by atoms with Crippen LogP contribution in [0.3, 0.4) is 0 Å². The van der Waals surface area contributed by atoms with E-state index in [2.05, 4.69) is 5.32 Å². The van der Waals surface area contributed by atoms with Gasteiger partial charge >= 0.3 is 5.97 Å². The highest BCUT2D eigenvalue weighted by Crippen LogP contribution is 2.16. The highest BCUT2D eigenvalue weighted by Gasteiger charge is 2.31. The number of amides is 1. The highest BCUT2D eigenvalue weighted by atomic mass is 16.5. The van der Waals surface area contributed by atoms with Gasteiger partial charge in [0.15, 0.2) is 0 Å². The minimum Gasteiger partial charge on any atom is -0.480 e. The molecule has 1 heterocycles. The quantitative estimate of drug-likeness (QED) is 0.757. The van der Waals surface area contributed by atoms with Crippen LogP contribution in [-0.2, 0) is 27.5 Å². The Labute approximate surface area is 142 Å². The molecule has 1 atom stereocenters. The Morgan fingerprint density at radius 2 is 1.96 bits per heavy atom. The molecule has 1 unspecified atom stereocenters. The van der Waals surface area contributed by atoms with E-state index in [-0.39, 0.29) is 18.6 Å². The van der Waals surface area contributed by atoms with Crippen LogP contribution in [0.1, 0.15) is 37.8 Å². The van der Waals surface area contributed by atoms with Crippen molar-refractivity contribution in [2.45, 2.75) is 52.0 Å². The average molecular weight is 334 g/mol. The predicted molar refractivity (Wildman–Crippen MR) is 90.4 cm³/mol. The molecule has 24 heavy (non-hydrogen) atoms. The Hall–Kier alpha value is -1.92. The number of aliphatic carboxylic acids is 1. The molecule has 1 fully saturated rings. The molecule has 6 heteroatoms. The first-order valence-corrected chi connectivity index (χ1v) is 8.38. The zero-order valence-corrected chi connectivity index (χ0v) is 14.3. The van der Waals surface area contributed by atoms with Crippen molar-refractivity contribution in [2.24, 2.45) is 0 Å². The number of rotatable bonds is 8. The second kappa shape index (κ2) is 8.80. The first kappa shape index (κ1) is 18.4. The standard InChI is InChI=1S/C18H26N2O4/c1-13(2)24-12-15-7-5-14(6-8-15)10-19-17(21)11-20-9-3-4-16(20)18(22)23/h5-8,13,16H,3-4,9-12H2,1-2H3,(H,19,21)(H,22,23). The van der Waals surface area contributed by atoms with E-state index in [1.54, 1.807) is 4.90 Å². The van der Waals surface area contributed by atoms with E-state index in [9.17, 15) is 9.59 Å². The van der Waals surface area contributed by atoms with Gasteiger partial charge in [-0.2, -0.15) is 0 Å². The molecular formula is C18H26N2O4. The van der Waals surface area contributed by atoms with Crippen LogP contribution in [0.15, 0.2) is 24.3 Å². The van der Waals surface area contributed by atoms with Crippen LogP contribution in [0, 0.1) is 0 Å². The van der Waals surface area contributed by atoms with Crippen molar-refractivity contribution in [2.75, 3.05) is 13.1 Å². The van der Waals surface area contributed by atoms with Gasteiger partial charge in [-0.3, -0.25) is 14.5 Å². The maximum atomic E-state index is 12.0. The molecule has 1 aromatic rings. The Bertz CT molecular complexity index is 557. The van der Waals surface area contributed by atoms with Crippen molar-refractivity contribution in [3.8, 4) is 0 Å². The van der Waals surface area contributed by atoms with Gasteiger partial charge in [0, 0.05) is 6.54 Å². The van der Waals surface area contributed by atoms with Crippen LogP contribution in [0.4, 0.5) is 0 Å². The number of nitrogens with one attached hydrogen (secondary N) is 1. The van der Waals surface area contributed by atoms with E-state index in [0.717, 1.165) is 17.5 Å². The van der Waals surface area contributed by atoms with Crippen molar-refractivity contribution in [3.63, 3.8) is 0 Å². The van der Waals surface area contributed by atoms with Crippen molar-refractivity contribution >= 4 is 11.9 Å². The average Bonchev–Trinajstić information content (AvgIpc) is 3.00. The third kappa shape index (κ3) is 5.62. The highest BCUT2D eigenvalue weighted by molar-refractivity contribution is 5.80. The van der Waals surface area contributed by atoms with E-state index in [4.69, 9.17) is 9.84 Å². The third-order valence-corrected chi connectivity index (χ3v) is 4.09. The Kier molecular flexibility index (Phi) is 6.75. The Balaban J connectivity index is 1.76. The number of carbonyl (C=O) groups excluding carboxylic acids is 1. The Morgan fingerprint density at radius 3 is 2.58 bits per heavy atom. The lowest BCUT2D eigenvalue weighted by Crippen LogP contribution is -2.42. The summed E-state index contributed by atoms with van der Waals surface area (Å²) in [5.74, 6) is -0.991. The van der Waals surface area contributed by atoms with E-state index in [1.165, 1.54) is 0 Å². The topological polar surface area (TPSA) is 78.9 Å². The molecule has 132 valence electrons. The minimum atomic E-state index is -0.848. The van der Waals surface area contributed by atoms with Gasteiger partial charge in [0.05, 0.1) is 19.3 Å². The summed E-state index contributed by atoms with van der Waals surface area (Å²) in [4.78, 5) is 24.9. The van der Waals surface area contributed by atoms with Crippen molar-refractivity contribution < 1.29 is 19.4 Å². The number of carboxylic acids is 1. The number of hydrogen-bond donors (Lipinski definition) is 2. The maximum absolute atomic E-state index is 12.0. The van der Waals surface area contributed by atoms with Gasteiger partial charge in [-0.15, -0.1) is 0 Å². The molecule has 1 amide bonds. The summed E-state index contributed by atoms with van der Waals surface area (Å²) in [5, 5.41) is 12.0. The summed E-state index contributed by atoms with van der Waals surface area (Å²) in [6, 6.07) is 7.39. The zero-order chi connectivity index (χ0) is 17.5. The third-order valence-electron chi connectivity index (χ3n) is 4.09. The van der Waals surface area contributed by atoms with E-state index in [1.807, 2.05) is 38.1 Å². The van der Waals surface area contributed by atoms with Gasteiger partial charge in [0.25, 0.3) is 0 Å². The summed E-state index contributed by atoms with van der Waals surface area (Å²) in [5.41, 5.74) is 2.10. The lowest BCUT2D eigenvalue weighted by molar-refractivity contribution is -0.142. The fraction of sp³-hybridized carbons (Fsp3) is 0.556. The maximum Gasteiger partial charge on any atom is 0.320 e. The molecule has 0 aliphatic carbocycles. The largest absolute Gasteiger partial charge is 0.480 e. The first-order valence-electron chi connectivity index (χ1n) is 8.38. The number of carbonyl (C=O) groups is 2. The van der Waals surface area contributed by atoms with Gasteiger partial charge < -0.3 is 15.2 Å². The summed E-state index contributed by atoms with van der Waals surface area (Å²) >= 11 is 0. The number of benzene rings is 1. The molecule has 1 aromatic carbocycles. The second-order valence-corrected chi connectivity index (χ2v) is 6.42. The SMILES string of the molecule is CC(C)OCc1ccc(CNC(=O)CN2CCCC2C(=O)O)cc1. The van der Waals surface area contributed by atoms with E-state index in [0.29, 0.717) is 26.1 Å². The molecule has 0 bridgehead atoms. The molecule has 1 saturated heterocycles. The van der Waals surface area contributed by atoms with E-state index < -0.39 is 12.0 Å². The second-order valence-electron chi connectivity index (χ2n) is 6.42. The summed E-state index contributed by atoms with van der Waals surface area (Å²) in [6.45, 7) is 5.82. The van der Waals surface area contributed by atoms with E-state index >= 15 is 0 Å². The van der Waals surface area contributed by atoms with Gasteiger partial charge in [0.1, 0.15) is 6.04 Å². The molecule has 1 aliphatic rings. The van der Waals surface area contributed by atoms with Crippen molar-refractivity contribution in [1.29, 1.82) is 0 Å². The molecule has 0 saturated carbocycles. The van der Waals surface area contributed by atoms with Crippen molar-refractivity contribution in [3.05, 3.63) is 35.4 Å². The summed E-state index contributed by atoms with van der Waals surface area (Å²) < 4.78 is 5.55. The number of hydrogen-bond acceptors (Lipinski definition) is 4. The zero-order valence-electron chi connectivity index (χ0n) is 14.3. The molecule has 2 rings (SSSR count). The smallest absolute Gasteiger partial charge is 0.320 e. The van der Waals surface area contributed by atoms with Crippen molar-refractivity contribution in [1.82, 2.24) is 10.2 Å². The lowest BCUT2D eigenvalue weighted by Gasteiger charge is -2.20. The lowest BCUT2D eigenvalue weighted by atomic mass is 10.1. The van der Waals surface area contributed by atoms with Crippen LogP contribution in [-0.4, -0.2) is 47.1 Å². The molecule has 0 aromatic heterocycles. The molecular weight excluding hydrogens is 308 g/mol. The first-order chi connectivity index (χ1) is 11.5. The molecule has 1 aliphatic heterocycles. The number of ether oxygens (including phenoxy) is 1. The van der Waals surface area contributed by atoms with Crippen LogP contribution in [0.5, 0.6) is 0 Å². The number of nitrogens with zero attached hydrogens (tertiary/aromatic N) is 1. The fourth-order valence-electron chi connectivity index (χ4n) is 2.75. The van der Waals surface area contributed by atoms with Gasteiger partial charge in [-0.05, 0) is 44.4 Å². The molecule has 2 N–H and O–H groups in total. The minimum absolute atomic E-state index is 0.136. The summed E-state index contributed by atoms with van der Waals surface area (Å²) in [6.07, 6.45) is 1.64. The fourth-order valence-corrected chi connectivity index (χ4v) is 2.75. The summed E-state index contributed by atoms with van der Waals surface area (Å²) in [7, 11) is 0.